The van der Waals surface area contributed by atoms with Crippen molar-refractivity contribution >= 4 is 12.1 Å². The largest absolute Gasteiger partial charge is 0.480 e. The van der Waals surface area contributed by atoms with Gasteiger partial charge in [0.25, 0.3) is 5.92 Å². The second kappa shape index (κ2) is 6.79. The van der Waals surface area contributed by atoms with E-state index >= 15 is 0 Å². The summed E-state index contributed by atoms with van der Waals surface area (Å²) in [6.45, 7) is -0.0291. The Balaban J connectivity index is 1.40. The van der Waals surface area contributed by atoms with E-state index in [1.807, 2.05) is 48.5 Å². The Hall–Kier alpha value is -2.96. The van der Waals surface area contributed by atoms with Gasteiger partial charge in [-0.25, -0.2) is 18.4 Å². The van der Waals surface area contributed by atoms with Crippen LogP contribution in [0, 0.1) is 5.92 Å². The van der Waals surface area contributed by atoms with Crippen LogP contribution in [0.2, 0.25) is 0 Å². The fraction of sp³-hybridized carbons (Fsp3) is 0.391. The summed E-state index contributed by atoms with van der Waals surface area (Å²) in [5.41, 5.74) is 4.13. The lowest BCUT2D eigenvalue weighted by atomic mass is 9.72. The van der Waals surface area contributed by atoms with Crippen molar-refractivity contribution in [1.82, 2.24) is 4.90 Å². The van der Waals surface area contributed by atoms with E-state index in [0.29, 0.717) is 6.42 Å². The van der Waals surface area contributed by atoms with Crippen molar-refractivity contribution in [1.29, 1.82) is 0 Å². The lowest BCUT2D eigenvalue weighted by molar-refractivity contribution is -0.186. The molecule has 30 heavy (non-hydrogen) atoms. The van der Waals surface area contributed by atoms with Crippen molar-refractivity contribution in [2.45, 2.75) is 43.2 Å². The highest BCUT2D eigenvalue weighted by molar-refractivity contribution is 5.82. The van der Waals surface area contributed by atoms with Gasteiger partial charge in [-0.1, -0.05) is 48.5 Å². The first-order valence-electron chi connectivity index (χ1n) is 10.1. The molecule has 2 saturated heterocycles. The van der Waals surface area contributed by atoms with Gasteiger partial charge in [-0.2, -0.15) is 0 Å². The normalized spacial score (nSPS) is 26.2. The molecule has 2 aromatic carbocycles. The van der Waals surface area contributed by atoms with E-state index in [9.17, 15) is 23.5 Å². The molecule has 1 amide bonds. The number of aliphatic carboxylic acids is 1. The number of ether oxygens (including phenoxy) is 1. The number of hydrogen-bond donors (Lipinski definition) is 1. The lowest BCUT2D eigenvalue weighted by Gasteiger charge is -2.52. The number of fused-ring (bicyclic) bond motifs is 6. The Morgan fingerprint density at radius 2 is 1.63 bits per heavy atom. The maximum absolute atomic E-state index is 14.4. The number of piperidine rings is 2. The first-order chi connectivity index (χ1) is 14.4. The molecule has 3 fully saturated rings. The molecule has 2 heterocycles. The van der Waals surface area contributed by atoms with Crippen molar-refractivity contribution in [3.8, 4) is 11.1 Å². The molecule has 2 aliphatic carbocycles. The SMILES string of the molecule is O=C(O)[C@@H]1C2CCC(N1C(=O)OCC1c3ccccc3-c3ccccc31)C(F)(F)C2. The van der Waals surface area contributed by atoms with Gasteiger partial charge in [0.2, 0.25) is 0 Å². The Morgan fingerprint density at radius 3 is 2.20 bits per heavy atom. The summed E-state index contributed by atoms with van der Waals surface area (Å²) in [6, 6.07) is 12.9. The van der Waals surface area contributed by atoms with Gasteiger partial charge in [-0.05, 0) is 41.0 Å². The predicted octanol–water partition coefficient (Wildman–Crippen LogP) is 4.51. The molecule has 5 nitrogen and oxygen atoms in total. The maximum atomic E-state index is 14.4. The number of hydrogen-bond acceptors (Lipinski definition) is 3. The fourth-order valence-corrected chi connectivity index (χ4v) is 5.43. The van der Waals surface area contributed by atoms with Crippen molar-refractivity contribution in [2.24, 2.45) is 5.92 Å². The zero-order valence-corrected chi connectivity index (χ0v) is 16.1. The van der Waals surface area contributed by atoms with Gasteiger partial charge in [0.1, 0.15) is 12.6 Å². The van der Waals surface area contributed by atoms with Crippen LogP contribution in [-0.2, 0) is 9.53 Å². The number of amides is 1. The van der Waals surface area contributed by atoms with Crippen LogP contribution in [0.5, 0.6) is 0 Å². The van der Waals surface area contributed by atoms with Crippen LogP contribution < -0.4 is 0 Å². The summed E-state index contributed by atoms with van der Waals surface area (Å²) in [6.07, 6.45) is -1.00. The third-order valence-electron chi connectivity index (χ3n) is 6.71. The number of halogens is 2. The smallest absolute Gasteiger partial charge is 0.411 e. The van der Waals surface area contributed by atoms with Crippen molar-refractivity contribution in [3.63, 3.8) is 0 Å². The van der Waals surface area contributed by atoms with E-state index in [0.717, 1.165) is 27.2 Å². The highest BCUT2D eigenvalue weighted by Crippen LogP contribution is 2.49. The molecular formula is C23H21F2NO4. The van der Waals surface area contributed by atoms with Crippen LogP contribution >= 0.6 is 0 Å². The quantitative estimate of drug-likeness (QED) is 0.804. The predicted molar refractivity (Wildman–Crippen MR) is 104 cm³/mol. The van der Waals surface area contributed by atoms with Crippen molar-refractivity contribution < 1.29 is 28.2 Å². The third kappa shape index (κ3) is 2.79. The molecule has 1 N–H and O–H groups in total. The number of alkyl halides is 2. The second-order valence-corrected chi connectivity index (χ2v) is 8.31. The number of carbonyl (C=O) groups excluding carboxylic acids is 1. The van der Waals surface area contributed by atoms with Crippen molar-refractivity contribution in [2.75, 3.05) is 6.61 Å². The summed E-state index contributed by atoms with van der Waals surface area (Å²) in [4.78, 5) is 25.4. The summed E-state index contributed by atoms with van der Waals surface area (Å²) in [7, 11) is 0. The highest BCUT2D eigenvalue weighted by Gasteiger charge is 2.61. The Morgan fingerprint density at radius 1 is 1.03 bits per heavy atom. The van der Waals surface area contributed by atoms with Gasteiger partial charge >= 0.3 is 12.1 Å². The molecule has 3 atom stereocenters. The molecule has 4 aliphatic rings. The minimum absolute atomic E-state index is 0.0291. The lowest BCUT2D eigenvalue weighted by Crippen LogP contribution is -2.67. The molecule has 1 saturated carbocycles. The van der Waals surface area contributed by atoms with Crippen LogP contribution in [0.3, 0.4) is 0 Å². The average molecular weight is 413 g/mol. The van der Waals surface area contributed by atoms with Gasteiger partial charge in [-0.3, -0.25) is 4.90 Å². The molecule has 6 rings (SSSR count). The Labute approximate surface area is 172 Å². The number of carbonyl (C=O) groups is 2. The highest BCUT2D eigenvalue weighted by atomic mass is 19.3. The van der Waals surface area contributed by atoms with E-state index in [4.69, 9.17) is 4.74 Å². The molecule has 0 spiro atoms. The van der Waals surface area contributed by atoms with Crippen LogP contribution in [-0.4, -0.2) is 46.7 Å². The first-order valence-corrected chi connectivity index (χ1v) is 10.1. The average Bonchev–Trinajstić information content (AvgIpc) is 3.04. The van der Waals surface area contributed by atoms with E-state index in [1.165, 1.54) is 0 Å². The summed E-state index contributed by atoms with van der Waals surface area (Å²) in [5, 5.41) is 9.60. The van der Waals surface area contributed by atoms with E-state index in [2.05, 4.69) is 0 Å². The molecule has 2 unspecified atom stereocenters. The standard InChI is InChI=1S/C23H21F2NO4/c24-23(25)11-13-9-10-19(23)26(20(13)21(27)28)22(29)30-12-18-16-7-3-1-5-14(16)15-6-2-4-8-17(15)18/h1-8,13,18-20H,9-12H2,(H,27,28)/t13?,19?,20-/m0/s1. The number of carboxylic acid groups (broad SMARTS) is 1. The minimum Gasteiger partial charge on any atom is -0.480 e. The molecule has 2 bridgehead atoms. The summed E-state index contributed by atoms with van der Waals surface area (Å²) < 4.78 is 34.4. The van der Waals surface area contributed by atoms with E-state index in [-0.39, 0.29) is 18.9 Å². The minimum atomic E-state index is -3.10. The van der Waals surface area contributed by atoms with Crippen LogP contribution in [0.25, 0.3) is 11.1 Å². The fourth-order valence-electron chi connectivity index (χ4n) is 5.43. The third-order valence-corrected chi connectivity index (χ3v) is 6.71. The molecule has 0 aromatic heterocycles. The number of benzene rings is 2. The van der Waals surface area contributed by atoms with Crippen LogP contribution in [0.4, 0.5) is 13.6 Å². The first kappa shape index (κ1) is 19.0. The number of carboxylic acids is 1. The Kier molecular flexibility index (Phi) is 4.31. The molecule has 7 heteroatoms. The molecule has 2 aliphatic heterocycles. The molecule has 0 radical (unpaired) electrons. The summed E-state index contributed by atoms with van der Waals surface area (Å²) in [5.74, 6) is -5.33. The van der Waals surface area contributed by atoms with E-state index in [1.54, 1.807) is 0 Å². The zero-order valence-electron chi connectivity index (χ0n) is 16.1. The Bertz CT molecular complexity index is 978. The number of nitrogens with zero attached hydrogens (tertiary/aromatic N) is 1. The maximum Gasteiger partial charge on any atom is 0.411 e. The summed E-state index contributed by atoms with van der Waals surface area (Å²) >= 11 is 0. The van der Waals surface area contributed by atoms with E-state index < -0.39 is 42.4 Å². The van der Waals surface area contributed by atoms with Gasteiger partial charge in [0, 0.05) is 12.3 Å². The van der Waals surface area contributed by atoms with Gasteiger partial charge in [0.05, 0.1) is 6.04 Å². The van der Waals surface area contributed by atoms with Gasteiger partial charge in [-0.15, -0.1) is 0 Å². The zero-order chi connectivity index (χ0) is 21.0. The topological polar surface area (TPSA) is 66.8 Å². The molecule has 2 aromatic rings. The van der Waals surface area contributed by atoms with Crippen LogP contribution in [0.15, 0.2) is 48.5 Å². The van der Waals surface area contributed by atoms with Gasteiger partial charge in [0.15, 0.2) is 0 Å². The molecule has 156 valence electrons. The van der Waals surface area contributed by atoms with Crippen molar-refractivity contribution in [3.05, 3.63) is 59.7 Å². The van der Waals surface area contributed by atoms with Gasteiger partial charge < -0.3 is 9.84 Å². The number of rotatable bonds is 3. The molecular weight excluding hydrogens is 392 g/mol. The monoisotopic (exact) mass is 413 g/mol. The second-order valence-electron chi connectivity index (χ2n) is 8.31. The van der Waals surface area contributed by atoms with Crippen LogP contribution in [0.1, 0.15) is 36.3 Å².